The molecule has 1 unspecified atom stereocenters. The van der Waals surface area contributed by atoms with Crippen molar-refractivity contribution in [1.82, 2.24) is 0 Å². The fourth-order valence-electron chi connectivity index (χ4n) is 1.48. The number of hydrogen-bond acceptors (Lipinski definition) is 5. The summed E-state index contributed by atoms with van der Waals surface area (Å²) in [5, 5.41) is 9.79. The van der Waals surface area contributed by atoms with Gasteiger partial charge < -0.3 is 14.6 Å². The van der Waals surface area contributed by atoms with Gasteiger partial charge in [0.15, 0.2) is 0 Å². The van der Waals surface area contributed by atoms with Crippen molar-refractivity contribution >= 4 is 11.9 Å². The molecule has 1 aromatic rings. The van der Waals surface area contributed by atoms with Crippen molar-refractivity contribution in [1.29, 1.82) is 0 Å². The molecule has 20 heavy (non-hydrogen) atoms. The van der Waals surface area contributed by atoms with Gasteiger partial charge in [0.05, 0.1) is 30.4 Å². The van der Waals surface area contributed by atoms with Gasteiger partial charge in [0.2, 0.25) is 0 Å². The molecule has 0 radical (unpaired) electrons. The van der Waals surface area contributed by atoms with Crippen molar-refractivity contribution < 1.29 is 24.2 Å². The monoisotopic (exact) mass is 280 g/mol. The molecule has 0 spiro atoms. The lowest BCUT2D eigenvalue weighted by Crippen LogP contribution is -2.25. The van der Waals surface area contributed by atoms with Gasteiger partial charge in [-0.3, -0.25) is 0 Å². The molecule has 0 heterocycles. The first-order valence-corrected chi connectivity index (χ1v) is 6.47. The molecular formula is C15H20O5. The van der Waals surface area contributed by atoms with Crippen LogP contribution in [0.5, 0.6) is 0 Å². The Labute approximate surface area is 118 Å². The summed E-state index contributed by atoms with van der Waals surface area (Å²) in [7, 11) is 1.30. The molecule has 5 heteroatoms. The van der Waals surface area contributed by atoms with E-state index in [4.69, 9.17) is 4.74 Å². The highest BCUT2D eigenvalue weighted by Gasteiger charge is 2.18. The molecule has 0 amide bonds. The Morgan fingerprint density at radius 1 is 1.15 bits per heavy atom. The van der Waals surface area contributed by atoms with Crippen LogP contribution >= 0.6 is 0 Å². The second-order valence-corrected chi connectivity index (χ2v) is 4.81. The van der Waals surface area contributed by atoms with Crippen molar-refractivity contribution in [3.05, 3.63) is 35.4 Å². The second kappa shape index (κ2) is 7.05. The van der Waals surface area contributed by atoms with Crippen molar-refractivity contribution in [2.75, 3.05) is 13.7 Å². The molecule has 1 aromatic carbocycles. The van der Waals surface area contributed by atoms with E-state index in [1.165, 1.54) is 31.4 Å². The topological polar surface area (TPSA) is 72.8 Å². The zero-order valence-electron chi connectivity index (χ0n) is 12.0. The van der Waals surface area contributed by atoms with Gasteiger partial charge in [-0.25, -0.2) is 9.59 Å². The van der Waals surface area contributed by atoms with E-state index in [9.17, 15) is 14.7 Å². The summed E-state index contributed by atoms with van der Waals surface area (Å²) >= 11 is 0. The first-order valence-electron chi connectivity index (χ1n) is 6.47. The molecule has 0 fully saturated rings. The van der Waals surface area contributed by atoms with Crippen LogP contribution < -0.4 is 0 Å². The summed E-state index contributed by atoms with van der Waals surface area (Å²) in [6.07, 6.45) is 0.980. The van der Waals surface area contributed by atoms with E-state index in [0.717, 1.165) is 0 Å². The number of rotatable bonds is 6. The molecule has 110 valence electrons. The van der Waals surface area contributed by atoms with E-state index in [1.54, 1.807) is 6.92 Å². The minimum atomic E-state index is -0.824. The molecule has 0 aromatic heterocycles. The lowest BCUT2D eigenvalue weighted by atomic mass is 10.0. The maximum absolute atomic E-state index is 11.7. The number of benzene rings is 1. The van der Waals surface area contributed by atoms with Crippen molar-refractivity contribution in [2.45, 2.75) is 32.3 Å². The fourth-order valence-corrected chi connectivity index (χ4v) is 1.48. The molecule has 0 aliphatic carbocycles. The van der Waals surface area contributed by atoms with E-state index in [2.05, 4.69) is 4.74 Å². The van der Waals surface area contributed by atoms with Crippen LogP contribution in [0.2, 0.25) is 0 Å². The summed E-state index contributed by atoms with van der Waals surface area (Å²) in [5.74, 6) is -0.933. The Balaban J connectivity index is 2.54. The van der Waals surface area contributed by atoms with E-state index in [-0.39, 0.29) is 6.61 Å². The minimum Gasteiger partial charge on any atom is -0.465 e. The van der Waals surface area contributed by atoms with Gasteiger partial charge in [0.1, 0.15) is 0 Å². The number of carbonyl (C=O) groups is 2. The molecule has 1 N–H and O–H groups in total. The predicted octanol–water partition coefficient (Wildman–Crippen LogP) is 2.18. The van der Waals surface area contributed by atoms with Gasteiger partial charge in [-0.05, 0) is 37.6 Å². The maximum atomic E-state index is 11.7. The lowest BCUT2D eigenvalue weighted by Gasteiger charge is -2.20. The zero-order valence-corrected chi connectivity index (χ0v) is 12.0. The summed E-state index contributed by atoms with van der Waals surface area (Å²) in [4.78, 5) is 23.0. The highest BCUT2D eigenvalue weighted by molar-refractivity contribution is 5.93. The molecule has 1 atom stereocenters. The third kappa shape index (κ3) is 4.66. The SMILES string of the molecule is CCC(C)(O)CCOC(=O)c1ccc(C(=O)OC)cc1. The van der Waals surface area contributed by atoms with E-state index in [0.29, 0.717) is 24.0 Å². The smallest absolute Gasteiger partial charge is 0.338 e. The second-order valence-electron chi connectivity index (χ2n) is 4.81. The molecular weight excluding hydrogens is 260 g/mol. The van der Waals surface area contributed by atoms with Crippen LogP contribution in [0.4, 0.5) is 0 Å². The first-order chi connectivity index (χ1) is 9.39. The van der Waals surface area contributed by atoms with Gasteiger partial charge in [0.25, 0.3) is 0 Å². The van der Waals surface area contributed by atoms with Gasteiger partial charge in [-0.1, -0.05) is 6.92 Å². The quantitative estimate of drug-likeness (QED) is 0.808. The standard InChI is InChI=1S/C15H20O5/c1-4-15(2,18)9-10-20-14(17)12-7-5-11(6-8-12)13(16)19-3/h5-8,18H,4,9-10H2,1-3H3. The maximum Gasteiger partial charge on any atom is 0.338 e. The summed E-state index contributed by atoms with van der Waals surface area (Å²) in [6, 6.07) is 6.02. The zero-order chi connectivity index (χ0) is 15.2. The number of esters is 2. The van der Waals surface area contributed by atoms with Crippen molar-refractivity contribution in [2.24, 2.45) is 0 Å². The molecule has 0 saturated heterocycles. The average Bonchev–Trinajstić information content (AvgIpc) is 2.46. The minimum absolute atomic E-state index is 0.151. The number of carbonyl (C=O) groups excluding carboxylic acids is 2. The van der Waals surface area contributed by atoms with E-state index in [1.807, 2.05) is 6.92 Å². The molecule has 0 bridgehead atoms. The van der Waals surface area contributed by atoms with Crippen LogP contribution in [-0.2, 0) is 9.47 Å². The highest BCUT2D eigenvalue weighted by atomic mass is 16.5. The largest absolute Gasteiger partial charge is 0.465 e. The van der Waals surface area contributed by atoms with Crippen LogP contribution in [0.25, 0.3) is 0 Å². The van der Waals surface area contributed by atoms with E-state index < -0.39 is 17.5 Å². The van der Waals surface area contributed by atoms with Crippen LogP contribution in [0.3, 0.4) is 0 Å². The van der Waals surface area contributed by atoms with Crippen molar-refractivity contribution in [3.8, 4) is 0 Å². The van der Waals surface area contributed by atoms with Crippen LogP contribution in [0.1, 0.15) is 47.4 Å². The van der Waals surface area contributed by atoms with Crippen molar-refractivity contribution in [3.63, 3.8) is 0 Å². The van der Waals surface area contributed by atoms with Crippen LogP contribution in [0, 0.1) is 0 Å². The molecule has 0 aliphatic rings. The Bertz CT molecular complexity index is 462. The van der Waals surface area contributed by atoms with Gasteiger partial charge >= 0.3 is 11.9 Å². The number of hydrogen-bond donors (Lipinski definition) is 1. The van der Waals surface area contributed by atoms with Gasteiger partial charge in [-0.2, -0.15) is 0 Å². The number of ether oxygens (including phenoxy) is 2. The Hall–Kier alpha value is -1.88. The first kappa shape index (κ1) is 16.2. The lowest BCUT2D eigenvalue weighted by molar-refractivity contribution is 0.0128. The van der Waals surface area contributed by atoms with Crippen LogP contribution in [-0.4, -0.2) is 36.4 Å². The third-order valence-corrected chi connectivity index (χ3v) is 3.18. The molecule has 0 aliphatic heterocycles. The summed E-state index contributed by atoms with van der Waals surface area (Å²) in [5.41, 5.74) is -0.0959. The molecule has 0 saturated carbocycles. The van der Waals surface area contributed by atoms with Crippen LogP contribution in [0.15, 0.2) is 24.3 Å². The Kier molecular flexibility index (Phi) is 5.70. The predicted molar refractivity (Wildman–Crippen MR) is 73.6 cm³/mol. The summed E-state index contributed by atoms with van der Waals surface area (Å²) < 4.78 is 9.65. The normalized spacial score (nSPS) is 13.4. The van der Waals surface area contributed by atoms with Gasteiger partial charge in [0, 0.05) is 6.42 Å². The van der Waals surface area contributed by atoms with E-state index >= 15 is 0 Å². The Morgan fingerprint density at radius 3 is 2.10 bits per heavy atom. The number of methoxy groups -OCH3 is 1. The summed E-state index contributed by atoms with van der Waals surface area (Å²) in [6.45, 7) is 3.72. The number of aliphatic hydroxyl groups is 1. The van der Waals surface area contributed by atoms with Gasteiger partial charge in [-0.15, -0.1) is 0 Å². The molecule has 1 rings (SSSR count). The average molecular weight is 280 g/mol. The molecule has 5 nitrogen and oxygen atoms in total. The third-order valence-electron chi connectivity index (χ3n) is 3.18. The fraction of sp³-hybridized carbons (Fsp3) is 0.467. The highest BCUT2D eigenvalue weighted by Crippen LogP contribution is 2.14. The Morgan fingerprint density at radius 2 is 1.65 bits per heavy atom.